The zero-order chi connectivity index (χ0) is 10.9. The fourth-order valence-electron chi connectivity index (χ4n) is 0.348. The quantitative estimate of drug-likeness (QED) is 0.417. The van der Waals surface area contributed by atoms with Crippen LogP contribution in [0.4, 0.5) is 0 Å². The molecule has 78 valence electrons. The highest BCUT2D eigenvalue weighted by molar-refractivity contribution is 4.64. The first-order valence-corrected chi connectivity index (χ1v) is 5.03. The molecule has 0 aliphatic rings. The molecule has 0 atom stereocenters. The van der Waals surface area contributed by atoms with Gasteiger partial charge in [0.1, 0.15) is 0 Å². The Hall–Kier alpha value is -0.780. The van der Waals surface area contributed by atoms with Crippen molar-refractivity contribution in [3.05, 3.63) is 38.0 Å². The summed E-state index contributed by atoms with van der Waals surface area (Å²) in [7, 11) is 0. The highest BCUT2D eigenvalue weighted by Gasteiger charge is 1.71. The van der Waals surface area contributed by atoms with Crippen LogP contribution >= 0.6 is 0 Å². The van der Waals surface area contributed by atoms with E-state index >= 15 is 0 Å². The van der Waals surface area contributed by atoms with Crippen LogP contribution < -0.4 is 0 Å². The summed E-state index contributed by atoms with van der Waals surface area (Å²) in [6.07, 6.45) is 10.4. The van der Waals surface area contributed by atoms with Crippen LogP contribution in [0.3, 0.4) is 0 Å². The Morgan fingerprint density at radius 2 is 1.38 bits per heavy atom. The van der Waals surface area contributed by atoms with Crippen molar-refractivity contribution in [2.24, 2.45) is 0 Å². The van der Waals surface area contributed by atoms with Gasteiger partial charge in [-0.25, -0.2) is 0 Å². The topological polar surface area (TPSA) is 0 Å². The van der Waals surface area contributed by atoms with Crippen molar-refractivity contribution in [1.29, 1.82) is 0 Å². The van der Waals surface area contributed by atoms with Gasteiger partial charge in [0.15, 0.2) is 0 Å². The molecule has 0 bridgehead atoms. The Bertz CT molecular complexity index is 90.2. The first kappa shape index (κ1) is 18.1. The molecule has 0 heteroatoms. The molecule has 0 amide bonds. The predicted octanol–water partition coefficient (Wildman–Crippen LogP) is 5.14. The molecule has 0 fully saturated rings. The number of hydrogen-bond donors (Lipinski definition) is 0. The molecule has 0 radical (unpaired) electrons. The Kier molecular flexibility index (Phi) is 42.2. The van der Waals surface area contributed by atoms with Crippen molar-refractivity contribution in [3.8, 4) is 0 Å². The second-order valence-electron chi connectivity index (χ2n) is 2.54. The molecule has 13 heavy (non-hydrogen) atoms. The van der Waals surface area contributed by atoms with Gasteiger partial charge < -0.3 is 0 Å². The van der Waals surface area contributed by atoms with E-state index in [4.69, 9.17) is 0 Å². The lowest BCUT2D eigenvalue weighted by Crippen LogP contribution is -1.61. The molecular formula is C13H26. The lowest BCUT2D eigenvalue weighted by molar-refractivity contribution is 0.816. The summed E-state index contributed by atoms with van der Waals surface area (Å²) in [5, 5.41) is 0. The molecule has 0 aromatic rings. The molecule has 0 saturated heterocycles. The smallest absolute Gasteiger partial charge is 0.0354 e. The fourth-order valence-corrected chi connectivity index (χ4v) is 0.348. The molecular weight excluding hydrogens is 156 g/mol. The van der Waals surface area contributed by atoms with Gasteiger partial charge in [0.2, 0.25) is 0 Å². The van der Waals surface area contributed by atoms with Gasteiger partial charge in [-0.05, 0) is 19.8 Å². The molecule has 0 unspecified atom stereocenters. The molecule has 0 aromatic carbocycles. The van der Waals surface area contributed by atoms with Gasteiger partial charge in [0.25, 0.3) is 0 Å². The highest BCUT2D eigenvalue weighted by Crippen LogP contribution is 1.91. The number of hydrogen-bond acceptors (Lipinski definition) is 0. The molecule has 0 aliphatic carbocycles. The first-order chi connectivity index (χ1) is 6.24. The summed E-state index contributed by atoms with van der Waals surface area (Å²) in [6, 6.07) is 0. The lowest BCUT2D eigenvalue weighted by atomic mass is 10.3. The molecule has 0 N–H and O–H groups in total. The monoisotopic (exact) mass is 182 g/mol. The van der Waals surface area contributed by atoms with Crippen LogP contribution in [0.15, 0.2) is 38.0 Å². The van der Waals surface area contributed by atoms with Crippen molar-refractivity contribution in [3.63, 3.8) is 0 Å². The number of allylic oxidation sites excluding steroid dienone is 3. The third-order valence-corrected chi connectivity index (χ3v) is 1.05. The minimum Gasteiger partial charge on any atom is -0.103 e. The maximum absolute atomic E-state index is 3.60. The zero-order valence-corrected chi connectivity index (χ0v) is 9.68. The summed E-state index contributed by atoms with van der Waals surface area (Å²) >= 11 is 0. The zero-order valence-electron chi connectivity index (χ0n) is 9.68. The maximum atomic E-state index is 3.60. The molecule has 0 heterocycles. The van der Waals surface area contributed by atoms with E-state index in [2.05, 4.69) is 33.6 Å². The maximum Gasteiger partial charge on any atom is -0.0354 e. The van der Waals surface area contributed by atoms with E-state index in [1.165, 1.54) is 19.3 Å². The third-order valence-electron chi connectivity index (χ3n) is 1.05. The van der Waals surface area contributed by atoms with Gasteiger partial charge in [-0.1, -0.05) is 44.9 Å². The second-order valence-corrected chi connectivity index (χ2v) is 2.54. The molecule has 0 spiro atoms. The molecule has 0 aromatic heterocycles. The Morgan fingerprint density at radius 3 is 1.46 bits per heavy atom. The SMILES string of the molecule is C=CC.C=CCC.C=CCCCC. The summed E-state index contributed by atoms with van der Waals surface area (Å²) in [4.78, 5) is 0. The lowest BCUT2D eigenvalue weighted by Gasteiger charge is -1.81. The van der Waals surface area contributed by atoms with E-state index in [0.29, 0.717) is 0 Å². The van der Waals surface area contributed by atoms with Crippen molar-refractivity contribution in [1.82, 2.24) is 0 Å². The summed E-state index contributed by atoms with van der Waals surface area (Å²) < 4.78 is 0. The molecule has 0 nitrogen and oxygen atoms in total. The van der Waals surface area contributed by atoms with Crippen molar-refractivity contribution in [2.45, 2.75) is 46.5 Å². The van der Waals surface area contributed by atoms with Crippen LogP contribution in [0.1, 0.15) is 46.5 Å². The van der Waals surface area contributed by atoms with Crippen LogP contribution in [0.2, 0.25) is 0 Å². The van der Waals surface area contributed by atoms with E-state index in [-0.39, 0.29) is 0 Å². The van der Waals surface area contributed by atoms with Gasteiger partial charge in [-0.2, -0.15) is 0 Å². The molecule has 0 saturated carbocycles. The Morgan fingerprint density at radius 1 is 1.00 bits per heavy atom. The van der Waals surface area contributed by atoms with Gasteiger partial charge in [-0.15, -0.1) is 19.7 Å². The van der Waals surface area contributed by atoms with E-state index in [1.807, 2.05) is 19.1 Å². The summed E-state index contributed by atoms with van der Waals surface area (Å²) in [5.41, 5.74) is 0. The van der Waals surface area contributed by atoms with Crippen LogP contribution in [0.5, 0.6) is 0 Å². The fraction of sp³-hybridized carbons (Fsp3) is 0.538. The second kappa shape index (κ2) is 30.3. The third kappa shape index (κ3) is 92.0. The van der Waals surface area contributed by atoms with E-state index in [1.54, 1.807) is 6.08 Å². The Balaban J connectivity index is -0.000000125. The minimum atomic E-state index is 1.08. The van der Waals surface area contributed by atoms with Gasteiger partial charge in [-0.3, -0.25) is 0 Å². The van der Waals surface area contributed by atoms with Crippen LogP contribution in [0, 0.1) is 0 Å². The average molecular weight is 182 g/mol. The van der Waals surface area contributed by atoms with E-state index in [9.17, 15) is 0 Å². The van der Waals surface area contributed by atoms with Crippen LogP contribution in [-0.2, 0) is 0 Å². The van der Waals surface area contributed by atoms with Crippen molar-refractivity contribution < 1.29 is 0 Å². The summed E-state index contributed by atoms with van der Waals surface area (Å²) in [6.45, 7) is 16.6. The normalized spacial score (nSPS) is 6.69. The standard InChI is InChI=1S/C6H12.C4H8.C3H6/c1-3-5-6-4-2;1-3-4-2;1-3-2/h3H,1,4-6H2,2H3;3H,1,4H2,2H3;3H,1H2,2H3. The number of rotatable bonds is 4. The molecule has 0 aliphatic heterocycles. The van der Waals surface area contributed by atoms with Gasteiger partial charge in [0.05, 0.1) is 0 Å². The van der Waals surface area contributed by atoms with E-state index in [0.717, 1.165) is 6.42 Å². The van der Waals surface area contributed by atoms with Crippen LogP contribution in [0.25, 0.3) is 0 Å². The Labute approximate surface area is 85.1 Å². The minimum absolute atomic E-state index is 1.08. The van der Waals surface area contributed by atoms with Gasteiger partial charge in [0, 0.05) is 0 Å². The van der Waals surface area contributed by atoms with Crippen molar-refractivity contribution in [2.75, 3.05) is 0 Å². The van der Waals surface area contributed by atoms with Gasteiger partial charge >= 0.3 is 0 Å². The largest absolute Gasteiger partial charge is 0.103 e. The first-order valence-electron chi connectivity index (χ1n) is 5.03. The number of unbranched alkanes of at least 4 members (excludes halogenated alkanes) is 2. The van der Waals surface area contributed by atoms with Crippen LogP contribution in [-0.4, -0.2) is 0 Å². The highest BCUT2D eigenvalue weighted by atomic mass is 13.8. The average Bonchev–Trinajstić information content (AvgIpc) is 2.16. The summed E-state index contributed by atoms with van der Waals surface area (Å²) in [5.74, 6) is 0. The predicted molar refractivity (Wildman–Crippen MR) is 66.1 cm³/mol. The van der Waals surface area contributed by atoms with E-state index < -0.39 is 0 Å². The van der Waals surface area contributed by atoms with Crippen molar-refractivity contribution >= 4 is 0 Å². The molecule has 0 rings (SSSR count).